The largest absolute Gasteiger partial charge is 0.477 e. The summed E-state index contributed by atoms with van der Waals surface area (Å²) in [6.07, 6.45) is 0. The number of nitrogens with zero attached hydrogens (tertiary/aromatic N) is 6. The zero-order valence-corrected chi connectivity index (χ0v) is 20.3. The molecule has 1 fully saturated rings. The maximum atomic E-state index is 12.8. The molecule has 0 radical (unpaired) electrons. The lowest BCUT2D eigenvalue weighted by molar-refractivity contribution is -0.150. The molecule has 2 aromatic rings. The minimum Gasteiger partial charge on any atom is -0.477 e. The van der Waals surface area contributed by atoms with Crippen molar-refractivity contribution >= 4 is 75.2 Å². The molecule has 0 aromatic carbocycles. The number of carbonyl (C=O) groups excluding carboxylic acids is 2. The number of rotatable bonds is 8. The predicted molar refractivity (Wildman–Crippen MR) is 123 cm³/mol. The van der Waals surface area contributed by atoms with E-state index in [1.165, 1.54) is 47.1 Å². The number of hydrogen-bond acceptors (Lipinski definition) is 14. The SMILES string of the molecule is CO/N=C(/C(=O)NC1C(=O)N2C(C(=O)O)=C(CSc3nc(C)ns3)CS[C@H]12)c1nsc(N)n1. The summed E-state index contributed by atoms with van der Waals surface area (Å²) < 4.78 is 8.76. The molecule has 17 heteroatoms. The van der Waals surface area contributed by atoms with Gasteiger partial charge in [-0.15, -0.1) is 11.8 Å². The van der Waals surface area contributed by atoms with Crippen molar-refractivity contribution < 1.29 is 24.3 Å². The van der Waals surface area contributed by atoms with Crippen LogP contribution in [0.5, 0.6) is 0 Å². The number of β-lactam (4-membered cyclic amide) rings is 1. The Morgan fingerprint density at radius 2 is 2.15 bits per heavy atom. The number of aryl methyl sites for hydroxylation is 1. The quantitative estimate of drug-likeness (QED) is 0.183. The van der Waals surface area contributed by atoms with Crippen molar-refractivity contribution in [1.82, 2.24) is 28.9 Å². The van der Waals surface area contributed by atoms with Crippen molar-refractivity contribution in [3.63, 3.8) is 0 Å². The van der Waals surface area contributed by atoms with E-state index in [-0.39, 0.29) is 22.4 Å². The van der Waals surface area contributed by atoms with Gasteiger partial charge in [0.1, 0.15) is 30.0 Å². The lowest BCUT2D eigenvalue weighted by Crippen LogP contribution is -2.71. The first-order valence-corrected chi connectivity index (χ1v) is 12.7. The zero-order valence-electron chi connectivity index (χ0n) is 17.0. The van der Waals surface area contributed by atoms with Gasteiger partial charge >= 0.3 is 5.97 Å². The highest BCUT2D eigenvalue weighted by Crippen LogP contribution is 2.41. The molecule has 0 spiro atoms. The molecular formula is C16H16N8O5S4. The summed E-state index contributed by atoms with van der Waals surface area (Å²) in [7, 11) is 1.25. The number of carboxylic acids is 1. The molecule has 33 heavy (non-hydrogen) atoms. The minimum atomic E-state index is -1.20. The second-order valence-electron chi connectivity index (χ2n) is 6.59. The highest BCUT2D eigenvalue weighted by atomic mass is 32.2. The Kier molecular flexibility index (Phi) is 6.82. The van der Waals surface area contributed by atoms with Crippen LogP contribution in [0, 0.1) is 6.92 Å². The molecule has 4 rings (SSSR count). The van der Waals surface area contributed by atoms with Crippen LogP contribution in [-0.2, 0) is 19.2 Å². The van der Waals surface area contributed by atoms with E-state index in [2.05, 4.69) is 29.2 Å². The van der Waals surface area contributed by atoms with Gasteiger partial charge in [-0.05, 0) is 24.0 Å². The molecule has 0 saturated carbocycles. The fraction of sp³-hybridized carbons (Fsp3) is 0.375. The molecule has 4 heterocycles. The van der Waals surface area contributed by atoms with E-state index in [4.69, 9.17) is 10.6 Å². The van der Waals surface area contributed by atoms with E-state index < -0.39 is 29.2 Å². The fourth-order valence-corrected chi connectivity index (χ4v) is 6.66. The van der Waals surface area contributed by atoms with Crippen LogP contribution >= 0.6 is 46.6 Å². The van der Waals surface area contributed by atoms with Crippen molar-refractivity contribution in [2.75, 3.05) is 24.3 Å². The van der Waals surface area contributed by atoms with Gasteiger partial charge < -0.3 is 21.0 Å². The van der Waals surface area contributed by atoms with Crippen LogP contribution < -0.4 is 11.1 Å². The number of oxime groups is 1. The van der Waals surface area contributed by atoms with E-state index in [0.29, 0.717) is 22.9 Å². The number of aromatic nitrogens is 4. The second kappa shape index (κ2) is 9.62. The van der Waals surface area contributed by atoms with Crippen LogP contribution in [0.4, 0.5) is 5.13 Å². The molecule has 2 aliphatic rings. The molecule has 0 bridgehead atoms. The molecular weight excluding hydrogens is 512 g/mol. The van der Waals surface area contributed by atoms with Gasteiger partial charge in [0.25, 0.3) is 11.8 Å². The highest BCUT2D eigenvalue weighted by Gasteiger charge is 2.54. The summed E-state index contributed by atoms with van der Waals surface area (Å²) in [5.41, 5.74) is 5.86. The smallest absolute Gasteiger partial charge is 0.352 e. The van der Waals surface area contributed by atoms with E-state index in [1.54, 1.807) is 6.92 Å². The third-order valence-electron chi connectivity index (χ3n) is 4.47. The average molecular weight is 529 g/mol. The van der Waals surface area contributed by atoms with Crippen molar-refractivity contribution in [3.05, 3.63) is 22.9 Å². The van der Waals surface area contributed by atoms with Gasteiger partial charge in [0.15, 0.2) is 9.47 Å². The standard InChI is InChI=1S/C16H16N8O5S4/c1-5-18-16(33-22-5)31-4-6-3-30-13-8(12(26)24(13)9(6)14(27)28)19-11(25)7(21-29-2)10-20-15(17)32-23-10/h8,13H,3-4H2,1-2H3,(H,19,25)(H,27,28)(H2,17,20,23)/b21-7+/t8?,13-/m1/s1. The lowest BCUT2D eigenvalue weighted by Gasteiger charge is -2.49. The molecule has 2 aliphatic heterocycles. The maximum Gasteiger partial charge on any atom is 0.352 e. The first kappa shape index (κ1) is 23.4. The number of thioether (sulfide) groups is 2. The van der Waals surface area contributed by atoms with E-state index >= 15 is 0 Å². The number of carboxylic acid groups (broad SMARTS) is 1. The molecule has 1 unspecified atom stereocenters. The third kappa shape index (κ3) is 4.66. The number of amides is 2. The first-order valence-electron chi connectivity index (χ1n) is 9.14. The molecule has 13 nitrogen and oxygen atoms in total. The monoisotopic (exact) mass is 528 g/mol. The first-order chi connectivity index (χ1) is 15.8. The van der Waals surface area contributed by atoms with Crippen molar-refractivity contribution in [3.8, 4) is 0 Å². The van der Waals surface area contributed by atoms with Crippen LogP contribution in [0.25, 0.3) is 0 Å². The maximum absolute atomic E-state index is 12.8. The Labute approximate surface area is 203 Å². The van der Waals surface area contributed by atoms with Crippen LogP contribution in [0.15, 0.2) is 20.8 Å². The van der Waals surface area contributed by atoms with E-state index in [1.807, 2.05) is 0 Å². The van der Waals surface area contributed by atoms with Crippen molar-refractivity contribution in [1.29, 1.82) is 0 Å². The van der Waals surface area contributed by atoms with Gasteiger partial charge in [-0.25, -0.2) is 9.78 Å². The summed E-state index contributed by atoms with van der Waals surface area (Å²) in [4.78, 5) is 51.6. The summed E-state index contributed by atoms with van der Waals surface area (Å²) in [5, 5.41) is 15.6. The van der Waals surface area contributed by atoms with Crippen molar-refractivity contribution in [2.45, 2.75) is 22.7 Å². The third-order valence-corrected chi connectivity index (χ3v) is 8.36. The van der Waals surface area contributed by atoms with Gasteiger partial charge in [0, 0.05) is 23.0 Å². The summed E-state index contributed by atoms with van der Waals surface area (Å²) in [6.45, 7) is 1.78. The molecule has 4 N–H and O–H groups in total. The molecule has 2 atom stereocenters. The number of nitrogen functional groups attached to an aromatic ring is 1. The highest BCUT2D eigenvalue weighted by molar-refractivity contribution is 8.01. The number of hydrogen-bond donors (Lipinski definition) is 3. The summed E-state index contributed by atoms with van der Waals surface area (Å²) in [5.74, 6) is -1.11. The number of anilines is 1. The van der Waals surface area contributed by atoms with Crippen LogP contribution in [0.1, 0.15) is 11.6 Å². The molecule has 0 aliphatic carbocycles. The zero-order chi connectivity index (χ0) is 23.7. The number of carbonyl (C=O) groups is 3. The van der Waals surface area contributed by atoms with Gasteiger partial charge in [-0.2, -0.15) is 13.7 Å². The number of fused-ring (bicyclic) bond motifs is 1. The molecule has 2 amide bonds. The van der Waals surface area contributed by atoms with Crippen molar-refractivity contribution in [2.24, 2.45) is 5.16 Å². The van der Waals surface area contributed by atoms with Crippen LogP contribution in [0.3, 0.4) is 0 Å². The topological polar surface area (TPSA) is 186 Å². The number of nitrogens with two attached hydrogens (primary N) is 1. The second-order valence-corrected chi connectivity index (χ2v) is 10.5. The Balaban J connectivity index is 1.49. The van der Waals surface area contributed by atoms with E-state index in [0.717, 1.165) is 15.9 Å². The summed E-state index contributed by atoms with van der Waals surface area (Å²) >= 11 is 4.85. The number of aliphatic carboxylic acids is 1. The fourth-order valence-electron chi connectivity index (χ4n) is 3.10. The van der Waals surface area contributed by atoms with Gasteiger partial charge in [0.05, 0.1) is 0 Å². The van der Waals surface area contributed by atoms with Crippen LogP contribution in [-0.4, -0.2) is 82.2 Å². The summed E-state index contributed by atoms with van der Waals surface area (Å²) in [6, 6.07) is -0.935. The normalized spacial score (nSPS) is 20.4. The minimum absolute atomic E-state index is 0.0332. The van der Waals surface area contributed by atoms with Gasteiger partial charge in [-0.1, -0.05) is 16.9 Å². The Hall–Kier alpha value is -2.76. The Morgan fingerprint density at radius 1 is 1.36 bits per heavy atom. The molecule has 1 saturated heterocycles. The molecule has 174 valence electrons. The predicted octanol–water partition coefficient (Wildman–Crippen LogP) is 0.162. The average Bonchev–Trinajstić information content (AvgIpc) is 3.40. The van der Waals surface area contributed by atoms with E-state index in [9.17, 15) is 19.5 Å². The van der Waals surface area contributed by atoms with Gasteiger partial charge in [-0.3, -0.25) is 14.5 Å². The van der Waals surface area contributed by atoms with Crippen LogP contribution in [0.2, 0.25) is 0 Å². The lowest BCUT2D eigenvalue weighted by atomic mass is 10.0. The number of nitrogens with one attached hydrogen (secondary N) is 1. The Morgan fingerprint density at radius 3 is 2.76 bits per heavy atom. The van der Waals surface area contributed by atoms with Gasteiger partial charge in [0.2, 0.25) is 11.5 Å². The molecule has 2 aromatic heterocycles. The Bertz CT molecular complexity index is 1180.